The molecule has 3 heterocycles. The van der Waals surface area contributed by atoms with Crippen LogP contribution in [0.5, 0.6) is 0 Å². The van der Waals surface area contributed by atoms with Gasteiger partial charge in [0.05, 0.1) is 40.5 Å². The predicted octanol–water partition coefficient (Wildman–Crippen LogP) is 3.63. The number of cyclic esters (lactones) is 1. The average Bonchev–Trinajstić information content (AvgIpc) is 3.72. The molecule has 0 bridgehead atoms. The molecule has 218 valence electrons. The van der Waals surface area contributed by atoms with E-state index in [0.29, 0.717) is 29.5 Å². The quantitative estimate of drug-likeness (QED) is 0.417. The molecule has 2 saturated heterocycles. The largest absolute Gasteiger partial charge is 0.455 e. The van der Waals surface area contributed by atoms with E-state index in [2.05, 4.69) is 0 Å². The van der Waals surface area contributed by atoms with Crippen LogP contribution in [0.15, 0.2) is 30.3 Å². The van der Waals surface area contributed by atoms with Gasteiger partial charge >= 0.3 is 12.1 Å². The molecule has 2 aliphatic heterocycles. The number of imide groups is 1. The third kappa shape index (κ3) is 6.52. The van der Waals surface area contributed by atoms with E-state index in [0.717, 1.165) is 40.0 Å². The highest BCUT2D eigenvalue weighted by Crippen LogP contribution is 2.30. The summed E-state index contributed by atoms with van der Waals surface area (Å²) in [4.78, 5) is 67.0. The Hall–Kier alpha value is -3.55. The molecule has 1 aliphatic carbocycles. The molecule has 0 N–H and O–H groups in total. The van der Waals surface area contributed by atoms with Gasteiger partial charge in [0.2, 0.25) is 0 Å². The Kier molecular flexibility index (Phi) is 8.85. The summed E-state index contributed by atoms with van der Waals surface area (Å²) >= 11 is 6.95. The van der Waals surface area contributed by atoms with Crippen LogP contribution in [-0.4, -0.2) is 80.2 Å². The number of anilines is 2. The number of thiophene rings is 1. The SMILES string of the molecule is O=C(OCC(=O)N(C[C@H]1CN(c2ccc(N3CCOCC3=O)cc2F)C(=O)O1)C(=O)c1ccc(Cl)s1)C1CCCC1. The molecule has 3 fully saturated rings. The van der Waals surface area contributed by atoms with Gasteiger partial charge in [0, 0.05) is 12.2 Å². The number of hydrogen-bond donors (Lipinski definition) is 0. The number of hydrogen-bond acceptors (Lipinski definition) is 9. The Morgan fingerprint density at radius 3 is 2.59 bits per heavy atom. The van der Waals surface area contributed by atoms with Gasteiger partial charge < -0.3 is 19.1 Å². The Bertz CT molecular complexity index is 1360. The minimum absolute atomic E-state index is 0.0818. The van der Waals surface area contributed by atoms with Crippen LogP contribution in [0.3, 0.4) is 0 Å². The van der Waals surface area contributed by atoms with Gasteiger partial charge in [0.1, 0.15) is 18.5 Å². The van der Waals surface area contributed by atoms with E-state index in [4.69, 9.17) is 25.8 Å². The van der Waals surface area contributed by atoms with Gasteiger partial charge in [-0.1, -0.05) is 24.4 Å². The number of nitrogens with zero attached hydrogens (tertiary/aromatic N) is 3. The van der Waals surface area contributed by atoms with Crippen LogP contribution in [0, 0.1) is 11.7 Å². The fraction of sp³-hybridized carbons (Fsp3) is 0.444. The smallest absolute Gasteiger partial charge is 0.414 e. The van der Waals surface area contributed by atoms with Gasteiger partial charge in [-0.3, -0.25) is 29.0 Å². The van der Waals surface area contributed by atoms with Crippen molar-refractivity contribution in [2.75, 3.05) is 49.3 Å². The first-order valence-electron chi connectivity index (χ1n) is 13.1. The molecule has 0 spiro atoms. The van der Waals surface area contributed by atoms with Crippen molar-refractivity contribution in [3.05, 3.63) is 45.4 Å². The third-order valence-electron chi connectivity index (χ3n) is 7.14. The fourth-order valence-electron chi connectivity index (χ4n) is 5.04. The monoisotopic (exact) mass is 607 g/mol. The molecule has 5 rings (SSSR count). The summed E-state index contributed by atoms with van der Waals surface area (Å²) in [6, 6.07) is 7.00. The zero-order valence-electron chi connectivity index (χ0n) is 21.9. The number of benzene rings is 1. The first-order chi connectivity index (χ1) is 19.7. The summed E-state index contributed by atoms with van der Waals surface area (Å²) in [5, 5.41) is 0. The lowest BCUT2D eigenvalue weighted by Crippen LogP contribution is -2.45. The van der Waals surface area contributed by atoms with Crippen LogP contribution in [-0.2, 0) is 28.6 Å². The van der Waals surface area contributed by atoms with Crippen molar-refractivity contribution >= 4 is 64.1 Å². The molecule has 4 amide bonds. The highest BCUT2D eigenvalue weighted by Gasteiger charge is 2.38. The predicted molar refractivity (Wildman–Crippen MR) is 145 cm³/mol. The van der Waals surface area contributed by atoms with E-state index in [1.165, 1.54) is 29.2 Å². The summed E-state index contributed by atoms with van der Waals surface area (Å²) in [6.07, 6.45) is 1.35. The van der Waals surface area contributed by atoms with E-state index in [1.54, 1.807) is 0 Å². The van der Waals surface area contributed by atoms with Crippen LogP contribution in [0.2, 0.25) is 4.34 Å². The van der Waals surface area contributed by atoms with Crippen LogP contribution < -0.4 is 9.80 Å². The molecule has 11 nitrogen and oxygen atoms in total. The van der Waals surface area contributed by atoms with E-state index in [-0.39, 0.29) is 48.6 Å². The minimum atomic E-state index is -0.990. The van der Waals surface area contributed by atoms with Crippen LogP contribution in [0.25, 0.3) is 0 Å². The summed E-state index contributed by atoms with van der Waals surface area (Å²) in [5.74, 6) is -3.29. The highest BCUT2D eigenvalue weighted by atomic mass is 35.5. The second-order valence-corrected chi connectivity index (χ2v) is 11.6. The maximum Gasteiger partial charge on any atom is 0.414 e. The maximum atomic E-state index is 15.1. The molecule has 0 unspecified atom stereocenters. The number of esters is 1. The molecule has 3 aliphatic rings. The van der Waals surface area contributed by atoms with E-state index in [9.17, 15) is 24.0 Å². The first kappa shape index (κ1) is 29.0. The lowest BCUT2D eigenvalue weighted by atomic mass is 10.1. The summed E-state index contributed by atoms with van der Waals surface area (Å²) in [5.41, 5.74) is 0.245. The van der Waals surface area contributed by atoms with Crippen molar-refractivity contribution in [2.45, 2.75) is 31.8 Å². The maximum absolute atomic E-state index is 15.1. The van der Waals surface area contributed by atoms with Gasteiger partial charge in [-0.05, 0) is 43.2 Å². The van der Waals surface area contributed by atoms with Crippen LogP contribution in [0.4, 0.5) is 20.6 Å². The second-order valence-electron chi connectivity index (χ2n) is 9.85. The Morgan fingerprint density at radius 2 is 1.90 bits per heavy atom. The number of carbonyl (C=O) groups is 5. The number of carbonyl (C=O) groups excluding carboxylic acids is 5. The summed E-state index contributed by atoms with van der Waals surface area (Å²) in [6.45, 7) is -0.667. The Labute approximate surface area is 243 Å². The standard InChI is InChI=1S/C27H27ClFN3O8S/c28-22-8-7-21(41-22)25(35)32(24(34)15-39-26(36)16-3-1-2-4-16)13-18-12-31(27(37)40-18)20-6-5-17(11-19(20)29)30-9-10-38-14-23(30)33/h5-8,11,16,18H,1-4,9-10,12-15H2/t18-/m1/s1. The van der Waals surface area contributed by atoms with Crippen molar-refractivity contribution < 1.29 is 42.6 Å². The number of ether oxygens (including phenoxy) is 3. The number of halogens is 2. The third-order valence-corrected chi connectivity index (χ3v) is 8.36. The molecule has 14 heteroatoms. The summed E-state index contributed by atoms with van der Waals surface area (Å²) < 4.78 is 31.2. The molecule has 41 heavy (non-hydrogen) atoms. The second kappa shape index (κ2) is 12.5. The van der Waals surface area contributed by atoms with Crippen molar-refractivity contribution in [1.29, 1.82) is 0 Å². The van der Waals surface area contributed by atoms with Gasteiger partial charge in [-0.2, -0.15) is 0 Å². The molecular formula is C27H27ClFN3O8S. The van der Waals surface area contributed by atoms with E-state index in [1.807, 2.05) is 0 Å². The highest BCUT2D eigenvalue weighted by molar-refractivity contribution is 7.18. The first-order valence-corrected chi connectivity index (χ1v) is 14.3. The molecule has 1 aromatic heterocycles. The van der Waals surface area contributed by atoms with E-state index >= 15 is 4.39 Å². The molecular weight excluding hydrogens is 581 g/mol. The lowest BCUT2D eigenvalue weighted by Gasteiger charge is -2.27. The molecule has 0 radical (unpaired) electrons. The average molecular weight is 608 g/mol. The van der Waals surface area contributed by atoms with Crippen molar-refractivity contribution in [2.24, 2.45) is 5.92 Å². The van der Waals surface area contributed by atoms with Gasteiger partial charge in [0.25, 0.3) is 17.7 Å². The molecule has 1 saturated carbocycles. The number of rotatable bonds is 8. The molecule has 1 aromatic carbocycles. The number of amides is 4. The Morgan fingerprint density at radius 1 is 1.12 bits per heavy atom. The fourth-order valence-corrected chi connectivity index (χ4v) is 6.03. The summed E-state index contributed by atoms with van der Waals surface area (Å²) in [7, 11) is 0. The van der Waals surface area contributed by atoms with Crippen LogP contribution in [0.1, 0.15) is 35.4 Å². The lowest BCUT2D eigenvalue weighted by molar-refractivity contribution is -0.154. The molecule has 1 atom stereocenters. The minimum Gasteiger partial charge on any atom is -0.455 e. The van der Waals surface area contributed by atoms with Crippen LogP contribution >= 0.6 is 22.9 Å². The topological polar surface area (TPSA) is 123 Å². The van der Waals surface area contributed by atoms with Gasteiger partial charge in [0.15, 0.2) is 6.61 Å². The Balaban J connectivity index is 1.28. The normalized spacial score (nSPS) is 19.4. The zero-order valence-corrected chi connectivity index (χ0v) is 23.5. The van der Waals surface area contributed by atoms with E-state index < -0.39 is 42.4 Å². The zero-order chi connectivity index (χ0) is 29.1. The molecule has 2 aromatic rings. The van der Waals surface area contributed by atoms with Crippen molar-refractivity contribution in [1.82, 2.24) is 4.90 Å². The van der Waals surface area contributed by atoms with Crippen molar-refractivity contribution in [3.63, 3.8) is 0 Å². The van der Waals surface area contributed by atoms with Gasteiger partial charge in [-0.25, -0.2) is 9.18 Å². The number of morpholine rings is 1. The van der Waals surface area contributed by atoms with Crippen molar-refractivity contribution in [3.8, 4) is 0 Å². The van der Waals surface area contributed by atoms with Gasteiger partial charge in [-0.15, -0.1) is 11.3 Å².